The number of ether oxygens (including phenoxy) is 1. The highest BCUT2D eigenvalue weighted by Gasteiger charge is 2.55. The highest BCUT2D eigenvalue weighted by Crippen LogP contribution is 2.52. The number of carbonyl (C=O) groups is 1. The number of amides is 1. The molecule has 0 radical (unpaired) electrons. The van der Waals surface area contributed by atoms with Crippen molar-refractivity contribution in [2.45, 2.75) is 74.4 Å². The number of aliphatic hydroxyl groups is 1. The van der Waals surface area contributed by atoms with E-state index in [0.717, 1.165) is 29.7 Å². The van der Waals surface area contributed by atoms with Crippen molar-refractivity contribution in [1.82, 2.24) is 0 Å². The molecule has 2 aromatic carbocycles. The molecule has 226 valence electrons. The average Bonchev–Trinajstić information content (AvgIpc) is 3.14. The predicted molar refractivity (Wildman–Crippen MR) is 168 cm³/mol. The zero-order valence-corrected chi connectivity index (χ0v) is 25.6. The SMILES string of the molecule is C=CCC[C@@H](C)S(=O)(=O)C1CCc2ccccc2C12COc1ccc(C(N)=O)cc1N(C[C@H]1CC[C@]1(C)[C@H](O)C=C)C2. The van der Waals surface area contributed by atoms with Crippen LogP contribution in [0, 0.1) is 11.3 Å². The Morgan fingerprint density at radius 1 is 1.24 bits per heavy atom. The molecule has 6 atom stereocenters. The summed E-state index contributed by atoms with van der Waals surface area (Å²) in [6.07, 6.45) is 6.86. The summed E-state index contributed by atoms with van der Waals surface area (Å²) in [4.78, 5) is 14.4. The Balaban J connectivity index is 1.65. The van der Waals surface area contributed by atoms with Crippen molar-refractivity contribution in [3.05, 3.63) is 84.5 Å². The lowest BCUT2D eigenvalue weighted by Crippen LogP contribution is -2.59. The van der Waals surface area contributed by atoms with Crippen LogP contribution in [-0.2, 0) is 21.7 Å². The van der Waals surface area contributed by atoms with E-state index in [9.17, 15) is 18.3 Å². The van der Waals surface area contributed by atoms with E-state index in [-0.39, 0.29) is 17.9 Å². The number of fused-ring (bicyclic) bond motifs is 3. The molecule has 1 aliphatic heterocycles. The number of aliphatic hydroxyl groups excluding tert-OH is 1. The van der Waals surface area contributed by atoms with Gasteiger partial charge in [0, 0.05) is 24.1 Å². The summed E-state index contributed by atoms with van der Waals surface area (Å²) in [6, 6.07) is 13.3. The highest BCUT2D eigenvalue weighted by molar-refractivity contribution is 7.92. The second kappa shape index (κ2) is 11.5. The molecule has 1 amide bonds. The maximum absolute atomic E-state index is 14.4. The molecule has 8 heteroatoms. The van der Waals surface area contributed by atoms with Crippen molar-refractivity contribution >= 4 is 21.4 Å². The van der Waals surface area contributed by atoms with Gasteiger partial charge in [-0.3, -0.25) is 4.79 Å². The van der Waals surface area contributed by atoms with Gasteiger partial charge < -0.3 is 20.5 Å². The second-order valence-corrected chi connectivity index (χ2v) is 15.3. The number of aryl methyl sites for hydroxylation is 1. The van der Waals surface area contributed by atoms with Crippen LogP contribution in [0.5, 0.6) is 5.75 Å². The van der Waals surface area contributed by atoms with E-state index in [4.69, 9.17) is 10.5 Å². The third-order valence-corrected chi connectivity index (χ3v) is 13.3. The van der Waals surface area contributed by atoms with Gasteiger partial charge in [-0.05, 0) is 80.7 Å². The number of primary amides is 1. The van der Waals surface area contributed by atoms with Crippen LogP contribution in [0.4, 0.5) is 5.69 Å². The van der Waals surface area contributed by atoms with Crippen LogP contribution < -0.4 is 15.4 Å². The zero-order chi connectivity index (χ0) is 30.3. The highest BCUT2D eigenvalue weighted by atomic mass is 32.2. The molecule has 1 heterocycles. The molecule has 2 aliphatic carbocycles. The van der Waals surface area contributed by atoms with Gasteiger partial charge in [-0.2, -0.15) is 0 Å². The number of sulfone groups is 1. The van der Waals surface area contributed by atoms with Gasteiger partial charge in [-0.15, -0.1) is 13.2 Å². The third kappa shape index (κ3) is 5.06. The minimum atomic E-state index is -3.58. The van der Waals surface area contributed by atoms with E-state index >= 15 is 0 Å². The van der Waals surface area contributed by atoms with Gasteiger partial charge >= 0.3 is 0 Å². The molecule has 1 saturated carbocycles. The molecule has 42 heavy (non-hydrogen) atoms. The van der Waals surface area contributed by atoms with Crippen molar-refractivity contribution < 1.29 is 23.1 Å². The lowest BCUT2D eigenvalue weighted by atomic mass is 9.58. The maximum atomic E-state index is 14.4. The van der Waals surface area contributed by atoms with Crippen LogP contribution in [-0.4, -0.2) is 55.7 Å². The van der Waals surface area contributed by atoms with Crippen molar-refractivity contribution in [3.63, 3.8) is 0 Å². The molecule has 3 N–H and O–H groups in total. The lowest BCUT2D eigenvalue weighted by molar-refractivity contribution is -0.0466. The molecule has 3 aliphatic rings. The number of nitrogens with zero attached hydrogens (tertiary/aromatic N) is 1. The van der Waals surface area contributed by atoms with Gasteiger partial charge in [0.2, 0.25) is 5.91 Å². The molecule has 0 saturated heterocycles. The minimum absolute atomic E-state index is 0.131. The quantitative estimate of drug-likeness (QED) is 0.377. The fraction of sp³-hybridized carbons (Fsp3) is 0.500. The number of allylic oxidation sites excluding steroid dienone is 1. The molecule has 5 rings (SSSR count). The summed E-state index contributed by atoms with van der Waals surface area (Å²) in [5.41, 5.74) is 7.75. The molecule has 0 aromatic heterocycles. The van der Waals surface area contributed by atoms with Crippen molar-refractivity contribution in [1.29, 1.82) is 0 Å². The Labute approximate surface area is 250 Å². The first-order valence-corrected chi connectivity index (χ1v) is 16.6. The first kappa shape index (κ1) is 30.4. The van der Waals surface area contributed by atoms with Crippen LogP contribution >= 0.6 is 0 Å². The summed E-state index contributed by atoms with van der Waals surface area (Å²) in [5, 5.41) is 9.67. The van der Waals surface area contributed by atoms with Crippen molar-refractivity contribution in [2.24, 2.45) is 17.1 Å². The maximum Gasteiger partial charge on any atom is 0.248 e. The predicted octanol–water partition coefficient (Wildman–Crippen LogP) is 4.97. The minimum Gasteiger partial charge on any atom is -0.490 e. The zero-order valence-electron chi connectivity index (χ0n) is 24.8. The summed E-state index contributed by atoms with van der Waals surface area (Å²) < 4.78 is 35.4. The number of anilines is 1. The van der Waals surface area contributed by atoms with Crippen LogP contribution in [0.15, 0.2) is 67.8 Å². The van der Waals surface area contributed by atoms with Crippen LogP contribution in [0.1, 0.15) is 67.4 Å². The standard InChI is InChI=1S/C34H44N2O5S/c1-5-7-10-23(3)42(39,40)31-16-14-24-11-8-9-12-27(24)34(31)21-36(20-26-17-18-33(26,4)30(37)6-2)28-19-25(32(35)38)13-15-29(28)41-22-34/h5-6,8-9,11-13,15,19,23,26,30-31,37H,1-2,7,10,14,16-18,20-22H2,3-4H3,(H2,35,38)/t23-,26-,30-,31?,33+,34?/m1/s1. The summed E-state index contributed by atoms with van der Waals surface area (Å²) in [6.45, 7) is 12.7. The molecule has 2 aromatic rings. The van der Waals surface area contributed by atoms with Crippen LogP contribution in [0.2, 0.25) is 0 Å². The van der Waals surface area contributed by atoms with Gasteiger partial charge in [0.05, 0.1) is 27.7 Å². The van der Waals surface area contributed by atoms with E-state index in [0.29, 0.717) is 50.1 Å². The smallest absolute Gasteiger partial charge is 0.248 e. The molecular formula is C34H44N2O5S. The molecule has 1 fully saturated rings. The Morgan fingerprint density at radius 2 is 2.00 bits per heavy atom. The van der Waals surface area contributed by atoms with Crippen molar-refractivity contribution in [3.8, 4) is 5.75 Å². The van der Waals surface area contributed by atoms with E-state index in [1.807, 2.05) is 19.1 Å². The number of nitrogens with two attached hydrogens (primary N) is 1. The molecule has 7 nitrogen and oxygen atoms in total. The Morgan fingerprint density at radius 3 is 2.67 bits per heavy atom. The lowest BCUT2D eigenvalue weighted by Gasteiger charge is -2.52. The molecular weight excluding hydrogens is 548 g/mol. The molecule has 0 bridgehead atoms. The number of rotatable bonds is 10. The number of carbonyl (C=O) groups excluding carboxylic acids is 1. The topological polar surface area (TPSA) is 110 Å². The third-order valence-electron chi connectivity index (χ3n) is 10.4. The number of hydrogen-bond donors (Lipinski definition) is 2. The Bertz CT molecular complexity index is 1470. The summed E-state index contributed by atoms with van der Waals surface area (Å²) in [7, 11) is -3.58. The summed E-state index contributed by atoms with van der Waals surface area (Å²) >= 11 is 0. The fourth-order valence-electron chi connectivity index (χ4n) is 7.50. The van der Waals surface area contributed by atoms with E-state index in [1.54, 1.807) is 30.4 Å². The molecule has 1 spiro atoms. The first-order valence-electron chi connectivity index (χ1n) is 15.0. The van der Waals surface area contributed by atoms with Crippen LogP contribution in [0.3, 0.4) is 0 Å². The monoisotopic (exact) mass is 592 g/mol. The Kier molecular flexibility index (Phi) is 8.33. The van der Waals surface area contributed by atoms with E-state index in [1.165, 1.54) is 0 Å². The van der Waals surface area contributed by atoms with Crippen LogP contribution in [0.25, 0.3) is 0 Å². The normalized spacial score (nSPS) is 28.3. The van der Waals surface area contributed by atoms with Gasteiger partial charge in [0.15, 0.2) is 9.84 Å². The average molecular weight is 593 g/mol. The fourth-order valence-corrected chi connectivity index (χ4v) is 9.87. The first-order chi connectivity index (χ1) is 20.0. The van der Waals surface area contributed by atoms with Gasteiger partial charge in [0.25, 0.3) is 0 Å². The van der Waals surface area contributed by atoms with Gasteiger partial charge in [-0.25, -0.2) is 8.42 Å². The van der Waals surface area contributed by atoms with Gasteiger partial charge in [-0.1, -0.05) is 43.3 Å². The van der Waals surface area contributed by atoms with Gasteiger partial charge in [0.1, 0.15) is 12.4 Å². The second-order valence-electron chi connectivity index (χ2n) is 12.7. The molecule has 2 unspecified atom stereocenters. The van der Waals surface area contributed by atoms with E-state index in [2.05, 4.69) is 37.1 Å². The van der Waals surface area contributed by atoms with E-state index < -0.39 is 37.8 Å². The van der Waals surface area contributed by atoms with Crippen molar-refractivity contribution in [2.75, 3.05) is 24.6 Å². The summed E-state index contributed by atoms with van der Waals surface area (Å²) in [5.74, 6) is 0.194. The largest absolute Gasteiger partial charge is 0.490 e. The number of benzene rings is 2. The Hall–Kier alpha value is -3.10. The number of hydrogen-bond acceptors (Lipinski definition) is 6.